The van der Waals surface area contributed by atoms with Gasteiger partial charge >= 0.3 is 5.97 Å². The van der Waals surface area contributed by atoms with E-state index in [1.807, 2.05) is 22.6 Å². The molecule has 5 nitrogen and oxygen atoms in total. The van der Waals surface area contributed by atoms with Crippen molar-refractivity contribution in [2.24, 2.45) is 0 Å². The molecule has 1 unspecified atom stereocenters. The van der Waals surface area contributed by atoms with Gasteiger partial charge in [-0.15, -0.1) is 11.8 Å². The van der Waals surface area contributed by atoms with Crippen LogP contribution >= 0.6 is 46.0 Å². The zero-order valence-corrected chi connectivity index (χ0v) is 15.8. The number of hydrogen-bond donors (Lipinski definition) is 2. The highest BCUT2D eigenvalue weighted by Gasteiger charge is 2.37. The van der Waals surface area contributed by atoms with Gasteiger partial charge in [-0.25, -0.2) is 4.79 Å². The van der Waals surface area contributed by atoms with Gasteiger partial charge in [0.2, 0.25) is 5.91 Å². The molecule has 1 saturated heterocycles. The summed E-state index contributed by atoms with van der Waals surface area (Å²) >= 11 is 9.37. The second-order valence-electron chi connectivity index (χ2n) is 5.07. The molecule has 2 N–H and O–H groups in total. The van der Waals surface area contributed by atoms with Gasteiger partial charge in [0.25, 0.3) is 0 Å². The summed E-state index contributed by atoms with van der Waals surface area (Å²) in [7, 11) is 0. The number of phenols is 1. The van der Waals surface area contributed by atoms with Crippen LogP contribution < -0.4 is 4.90 Å². The molecule has 1 fully saturated rings. The standard InChI is InChI=1S/C16H11ClINO4S/c17-8-5-10(14(21)11(18)6-8)15-19(13(20)7-24-15)12-4-2-1-3-9(12)16(22)23/h1-6,15,21H,7H2,(H,22,23). The van der Waals surface area contributed by atoms with Gasteiger partial charge in [-0.2, -0.15) is 0 Å². The topological polar surface area (TPSA) is 77.8 Å². The highest BCUT2D eigenvalue weighted by atomic mass is 127. The molecule has 1 aliphatic heterocycles. The van der Waals surface area contributed by atoms with Crippen molar-refractivity contribution in [3.63, 3.8) is 0 Å². The Balaban J connectivity index is 2.14. The van der Waals surface area contributed by atoms with Gasteiger partial charge in [0.15, 0.2) is 0 Å². The molecule has 3 rings (SSSR count). The first-order valence-electron chi connectivity index (χ1n) is 6.84. The maximum atomic E-state index is 12.4. The molecule has 2 aromatic carbocycles. The number of para-hydroxylation sites is 1. The van der Waals surface area contributed by atoms with E-state index >= 15 is 0 Å². The molecule has 1 amide bonds. The number of amides is 1. The van der Waals surface area contributed by atoms with E-state index in [0.717, 1.165) is 0 Å². The van der Waals surface area contributed by atoms with Crippen molar-refractivity contribution in [3.05, 3.63) is 56.1 Å². The van der Waals surface area contributed by atoms with Crippen LogP contribution in [0.3, 0.4) is 0 Å². The van der Waals surface area contributed by atoms with Crippen LogP contribution in [0.4, 0.5) is 5.69 Å². The van der Waals surface area contributed by atoms with Gasteiger partial charge in [-0.3, -0.25) is 9.69 Å². The fourth-order valence-electron chi connectivity index (χ4n) is 2.55. The lowest BCUT2D eigenvalue weighted by molar-refractivity contribution is -0.115. The van der Waals surface area contributed by atoms with Gasteiger partial charge < -0.3 is 10.2 Å². The normalized spacial score (nSPS) is 17.3. The molecule has 0 spiro atoms. The fourth-order valence-corrected chi connectivity index (χ4v) is 4.79. The van der Waals surface area contributed by atoms with Crippen molar-refractivity contribution in [2.75, 3.05) is 10.7 Å². The maximum Gasteiger partial charge on any atom is 0.337 e. The third kappa shape index (κ3) is 3.07. The number of nitrogens with zero attached hydrogens (tertiary/aromatic N) is 1. The number of carboxylic acids is 1. The van der Waals surface area contributed by atoms with Crippen LogP contribution in [-0.2, 0) is 4.79 Å². The lowest BCUT2D eigenvalue weighted by atomic mass is 10.1. The fraction of sp³-hybridized carbons (Fsp3) is 0.125. The van der Waals surface area contributed by atoms with Crippen LogP contribution in [0.5, 0.6) is 5.75 Å². The molecule has 0 aliphatic carbocycles. The molecule has 0 radical (unpaired) electrons. The summed E-state index contributed by atoms with van der Waals surface area (Å²) in [6.07, 6.45) is 0. The Kier molecular flexibility index (Phi) is 4.93. The second-order valence-corrected chi connectivity index (χ2v) is 7.74. The van der Waals surface area contributed by atoms with Crippen LogP contribution in [0, 0.1) is 3.57 Å². The molecule has 1 atom stereocenters. The molecule has 1 heterocycles. The molecule has 8 heteroatoms. The van der Waals surface area contributed by atoms with E-state index in [1.54, 1.807) is 30.3 Å². The van der Waals surface area contributed by atoms with E-state index in [4.69, 9.17) is 11.6 Å². The highest BCUT2D eigenvalue weighted by Crippen LogP contribution is 2.47. The first-order chi connectivity index (χ1) is 11.4. The Labute approximate surface area is 160 Å². The third-order valence-electron chi connectivity index (χ3n) is 3.59. The first-order valence-corrected chi connectivity index (χ1v) is 9.34. The first kappa shape index (κ1) is 17.4. The van der Waals surface area contributed by atoms with Crippen molar-refractivity contribution < 1.29 is 19.8 Å². The summed E-state index contributed by atoms with van der Waals surface area (Å²) in [5.41, 5.74) is 0.830. The quantitative estimate of drug-likeness (QED) is 0.653. The van der Waals surface area contributed by atoms with E-state index < -0.39 is 11.3 Å². The Bertz CT molecular complexity index is 845. The SMILES string of the molecule is O=C(O)c1ccccc1N1C(=O)CSC1c1cc(Cl)cc(I)c1O. The van der Waals surface area contributed by atoms with Crippen molar-refractivity contribution in [3.8, 4) is 5.75 Å². The van der Waals surface area contributed by atoms with E-state index in [9.17, 15) is 19.8 Å². The predicted octanol–water partition coefficient (Wildman–Crippen LogP) is 4.13. The van der Waals surface area contributed by atoms with Gasteiger partial charge in [0, 0.05) is 10.6 Å². The zero-order chi connectivity index (χ0) is 17.4. The van der Waals surface area contributed by atoms with Crippen LogP contribution in [0.1, 0.15) is 21.3 Å². The Hall–Kier alpha value is -1.45. The largest absolute Gasteiger partial charge is 0.506 e. The number of rotatable bonds is 3. The molecular formula is C16H11ClINO4S. The third-order valence-corrected chi connectivity index (χ3v) is 5.82. The molecule has 0 bridgehead atoms. The number of thioether (sulfide) groups is 1. The Morgan fingerprint density at radius 3 is 2.75 bits per heavy atom. The van der Waals surface area contributed by atoms with Crippen LogP contribution in [-0.4, -0.2) is 27.8 Å². The van der Waals surface area contributed by atoms with E-state index in [1.165, 1.54) is 22.7 Å². The monoisotopic (exact) mass is 475 g/mol. The highest BCUT2D eigenvalue weighted by molar-refractivity contribution is 14.1. The average Bonchev–Trinajstić information content (AvgIpc) is 2.92. The summed E-state index contributed by atoms with van der Waals surface area (Å²) in [6.45, 7) is 0. The predicted molar refractivity (Wildman–Crippen MR) is 102 cm³/mol. The number of carbonyl (C=O) groups is 2. The Morgan fingerprint density at radius 1 is 1.33 bits per heavy atom. The number of carbonyl (C=O) groups excluding carboxylic acids is 1. The summed E-state index contributed by atoms with van der Waals surface area (Å²) in [5.74, 6) is -1.08. The summed E-state index contributed by atoms with van der Waals surface area (Å²) < 4.78 is 0.571. The zero-order valence-electron chi connectivity index (χ0n) is 12.1. The van der Waals surface area contributed by atoms with E-state index in [-0.39, 0.29) is 23.0 Å². The van der Waals surface area contributed by atoms with E-state index in [0.29, 0.717) is 19.8 Å². The molecule has 2 aromatic rings. The van der Waals surface area contributed by atoms with Gasteiger partial charge in [-0.05, 0) is 46.9 Å². The number of carboxylic acid groups (broad SMARTS) is 1. The van der Waals surface area contributed by atoms with Crippen LogP contribution in [0.25, 0.3) is 0 Å². The molecule has 124 valence electrons. The molecule has 24 heavy (non-hydrogen) atoms. The smallest absolute Gasteiger partial charge is 0.337 e. The van der Waals surface area contributed by atoms with Crippen molar-refractivity contribution in [1.82, 2.24) is 0 Å². The molecular weight excluding hydrogens is 465 g/mol. The van der Waals surface area contributed by atoms with Crippen LogP contribution in [0.15, 0.2) is 36.4 Å². The average molecular weight is 476 g/mol. The lowest BCUT2D eigenvalue weighted by Crippen LogP contribution is -2.29. The van der Waals surface area contributed by atoms with Crippen molar-refractivity contribution in [2.45, 2.75) is 5.37 Å². The molecule has 1 aliphatic rings. The summed E-state index contributed by atoms with van der Waals surface area (Å²) in [5, 5.41) is 19.7. The van der Waals surface area contributed by atoms with E-state index in [2.05, 4.69) is 0 Å². The number of aromatic hydroxyl groups is 1. The maximum absolute atomic E-state index is 12.4. The molecule has 0 aromatic heterocycles. The number of benzene rings is 2. The minimum Gasteiger partial charge on any atom is -0.506 e. The minimum absolute atomic E-state index is 0.0366. The summed E-state index contributed by atoms with van der Waals surface area (Å²) in [4.78, 5) is 25.3. The number of aromatic carboxylic acids is 1. The number of phenolic OH excluding ortho intramolecular Hbond substituents is 1. The van der Waals surface area contributed by atoms with Gasteiger partial charge in [0.1, 0.15) is 11.1 Å². The van der Waals surface area contributed by atoms with Gasteiger partial charge in [-0.1, -0.05) is 23.7 Å². The van der Waals surface area contributed by atoms with Crippen LogP contribution in [0.2, 0.25) is 5.02 Å². The van der Waals surface area contributed by atoms with Crippen molar-refractivity contribution >= 4 is 63.5 Å². The number of hydrogen-bond acceptors (Lipinski definition) is 4. The number of anilines is 1. The van der Waals surface area contributed by atoms with Crippen molar-refractivity contribution in [1.29, 1.82) is 0 Å². The second kappa shape index (κ2) is 6.81. The number of halogens is 2. The van der Waals surface area contributed by atoms with Gasteiger partial charge in [0.05, 0.1) is 20.6 Å². The molecule has 0 saturated carbocycles. The lowest BCUT2D eigenvalue weighted by Gasteiger charge is -2.26. The minimum atomic E-state index is -1.11. The Morgan fingerprint density at radius 2 is 2.04 bits per heavy atom. The summed E-state index contributed by atoms with van der Waals surface area (Å²) in [6, 6.07) is 9.55.